The van der Waals surface area contributed by atoms with Gasteiger partial charge in [0.15, 0.2) is 5.76 Å². The summed E-state index contributed by atoms with van der Waals surface area (Å²) in [6.45, 7) is 5.71. The zero-order valence-corrected chi connectivity index (χ0v) is 7.41. The molecule has 6 nitrogen and oxygen atoms in total. The van der Waals surface area contributed by atoms with Crippen molar-refractivity contribution in [2.24, 2.45) is 0 Å². The summed E-state index contributed by atoms with van der Waals surface area (Å²) in [6, 6.07) is 0. The van der Waals surface area contributed by atoms with Crippen LogP contribution in [0.1, 0.15) is 0 Å². The highest BCUT2D eigenvalue weighted by molar-refractivity contribution is 7.81. The molecule has 0 aliphatic carbocycles. The fourth-order valence-electron chi connectivity index (χ4n) is 0.384. The van der Waals surface area contributed by atoms with E-state index in [-0.39, 0.29) is 0 Å². The maximum Gasteiger partial charge on any atom is 0.446 e. The third-order valence-corrected chi connectivity index (χ3v) is 1.21. The topological polar surface area (TPSA) is 89.9 Å². The molecule has 0 saturated heterocycles. The number of hydrogen-bond donors (Lipinski definition) is 1. The quantitative estimate of drug-likeness (QED) is 0.297. The van der Waals surface area contributed by atoms with Crippen LogP contribution in [0.15, 0.2) is 25.0 Å². The van der Waals surface area contributed by atoms with Gasteiger partial charge in [-0.25, -0.2) is 4.79 Å². The lowest BCUT2D eigenvalue weighted by Crippen LogP contribution is -2.09. The Morgan fingerprint density at radius 1 is 1.54 bits per heavy atom. The van der Waals surface area contributed by atoms with Gasteiger partial charge in [0.25, 0.3) is 0 Å². The third kappa shape index (κ3) is 7.04. The van der Waals surface area contributed by atoms with Crippen molar-refractivity contribution in [2.75, 3.05) is 6.61 Å². The smallest absolute Gasteiger partial charge is 0.446 e. The number of carbonyl (C=O) groups is 1. The minimum Gasteiger partial charge on any atom is -0.454 e. The summed E-state index contributed by atoms with van der Waals surface area (Å²) in [7, 11) is -4.59. The Kier molecular flexibility index (Phi) is 4.15. The van der Waals surface area contributed by atoms with Gasteiger partial charge in [-0.15, -0.1) is 0 Å². The Bertz CT molecular complexity index is 314. The SMILES string of the molecule is C=CC(=O)OCC(=C)OS(=O)(=O)O. The van der Waals surface area contributed by atoms with E-state index in [1.165, 1.54) is 0 Å². The molecule has 0 radical (unpaired) electrons. The molecular formula is C6H8O6S. The van der Waals surface area contributed by atoms with Crippen LogP contribution in [0, 0.1) is 0 Å². The fourth-order valence-corrected chi connectivity index (χ4v) is 0.730. The predicted octanol–water partition coefficient (Wildman–Crippen LogP) is 0.0487. The zero-order chi connectivity index (χ0) is 10.5. The summed E-state index contributed by atoms with van der Waals surface area (Å²) in [5.74, 6) is -1.15. The van der Waals surface area contributed by atoms with Gasteiger partial charge in [-0.2, -0.15) is 8.42 Å². The van der Waals surface area contributed by atoms with Crippen LogP contribution >= 0.6 is 0 Å². The van der Waals surface area contributed by atoms with E-state index in [9.17, 15) is 13.2 Å². The second kappa shape index (κ2) is 4.63. The van der Waals surface area contributed by atoms with E-state index in [0.29, 0.717) is 0 Å². The summed E-state index contributed by atoms with van der Waals surface area (Å²) in [5.41, 5.74) is 0. The molecule has 0 aliphatic rings. The minimum absolute atomic E-state index is 0.405. The molecule has 0 fully saturated rings. The minimum atomic E-state index is -4.59. The second-order valence-electron chi connectivity index (χ2n) is 1.86. The molecule has 0 atom stereocenters. The second-order valence-corrected chi connectivity index (χ2v) is 2.88. The summed E-state index contributed by atoms with van der Waals surface area (Å²) in [4.78, 5) is 10.4. The Balaban J connectivity index is 3.90. The van der Waals surface area contributed by atoms with Crippen LogP contribution in [-0.2, 0) is 24.1 Å². The molecule has 0 spiro atoms. The van der Waals surface area contributed by atoms with Crippen LogP contribution in [-0.4, -0.2) is 25.5 Å². The van der Waals surface area contributed by atoms with Crippen molar-refractivity contribution in [3.05, 3.63) is 25.0 Å². The maximum atomic E-state index is 10.4. The molecule has 0 aromatic carbocycles. The van der Waals surface area contributed by atoms with Crippen molar-refractivity contribution in [1.82, 2.24) is 0 Å². The molecule has 74 valence electrons. The molecule has 0 aliphatic heterocycles. The third-order valence-electron chi connectivity index (χ3n) is 0.765. The Morgan fingerprint density at radius 2 is 2.08 bits per heavy atom. The first kappa shape index (κ1) is 11.7. The van der Waals surface area contributed by atoms with Crippen LogP contribution in [0.4, 0.5) is 0 Å². The first-order valence-corrected chi connectivity index (χ1v) is 4.35. The lowest BCUT2D eigenvalue weighted by atomic mass is 10.6. The van der Waals surface area contributed by atoms with Gasteiger partial charge in [0.2, 0.25) is 0 Å². The van der Waals surface area contributed by atoms with Crippen molar-refractivity contribution in [2.45, 2.75) is 0 Å². The van der Waals surface area contributed by atoms with Crippen molar-refractivity contribution >= 4 is 16.4 Å². The molecule has 13 heavy (non-hydrogen) atoms. The monoisotopic (exact) mass is 208 g/mol. The standard InChI is InChI=1S/C6H8O6S/c1-3-6(7)11-4-5(2)12-13(8,9)10/h3H,1-2,4H2,(H,8,9,10). The van der Waals surface area contributed by atoms with Crippen molar-refractivity contribution in [3.63, 3.8) is 0 Å². The Labute approximate surface area is 75.4 Å². The highest BCUT2D eigenvalue weighted by Gasteiger charge is 2.08. The molecule has 0 bridgehead atoms. The van der Waals surface area contributed by atoms with Gasteiger partial charge < -0.3 is 8.92 Å². The largest absolute Gasteiger partial charge is 0.454 e. The van der Waals surface area contributed by atoms with E-state index >= 15 is 0 Å². The average molecular weight is 208 g/mol. The van der Waals surface area contributed by atoms with E-state index in [0.717, 1.165) is 6.08 Å². The number of ether oxygens (including phenoxy) is 1. The van der Waals surface area contributed by atoms with E-state index in [2.05, 4.69) is 22.1 Å². The zero-order valence-electron chi connectivity index (χ0n) is 6.60. The molecule has 0 saturated carbocycles. The van der Waals surface area contributed by atoms with Gasteiger partial charge in [0.05, 0.1) is 0 Å². The van der Waals surface area contributed by atoms with E-state index < -0.39 is 28.7 Å². The van der Waals surface area contributed by atoms with Crippen LogP contribution in [0.2, 0.25) is 0 Å². The lowest BCUT2D eigenvalue weighted by Gasteiger charge is -2.04. The average Bonchev–Trinajstić information content (AvgIpc) is 1.97. The van der Waals surface area contributed by atoms with E-state index in [4.69, 9.17) is 4.55 Å². The highest BCUT2D eigenvalue weighted by atomic mass is 32.3. The maximum absolute atomic E-state index is 10.4. The van der Waals surface area contributed by atoms with Crippen LogP contribution in [0.5, 0.6) is 0 Å². The highest BCUT2D eigenvalue weighted by Crippen LogP contribution is 1.99. The van der Waals surface area contributed by atoms with Gasteiger partial charge in [-0.05, 0) is 0 Å². The van der Waals surface area contributed by atoms with Gasteiger partial charge in [-0.1, -0.05) is 13.2 Å². The van der Waals surface area contributed by atoms with Crippen molar-refractivity contribution in [3.8, 4) is 0 Å². The normalized spacial score (nSPS) is 10.2. The van der Waals surface area contributed by atoms with Gasteiger partial charge in [0, 0.05) is 6.08 Å². The molecule has 1 N–H and O–H groups in total. The number of hydrogen-bond acceptors (Lipinski definition) is 5. The number of carbonyl (C=O) groups excluding carboxylic acids is 1. The molecule has 7 heteroatoms. The molecule has 0 unspecified atom stereocenters. The van der Waals surface area contributed by atoms with Crippen LogP contribution in [0.3, 0.4) is 0 Å². The van der Waals surface area contributed by atoms with E-state index in [1.807, 2.05) is 0 Å². The van der Waals surface area contributed by atoms with Gasteiger partial charge in [0.1, 0.15) is 6.61 Å². The number of rotatable bonds is 5. The van der Waals surface area contributed by atoms with Crippen LogP contribution < -0.4 is 0 Å². The van der Waals surface area contributed by atoms with Gasteiger partial charge in [-0.3, -0.25) is 4.55 Å². The van der Waals surface area contributed by atoms with Gasteiger partial charge >= 0.3 is 16.4 Å². The summed E-state index contributed by atoms with van der Waals surface area (Å²) in [5, 5.41) is 0. The first-order valence-electron chi connectivity index (χ1n) is 2.99. The van der Waals surface area contributed by atoms with Crippen LogP contribution in [0.25, 0.3) is 0 Å². The number of esters is 1. The lowest BCUT2D eigenvalue weighted by molar-refractivity contribution is -0.137. The predicted molar refractivity (Wildman–Crippen MR) is 42.9 cm³/mol. The Morgan fingerprint density at radius 3 is 2.46 bits per heavy atom. The summed E-state index contributed by atoms with van der Waals surface area (Å²) >= 11 is 0. The molecule has 0 aromatic rings. The molecule has 0 aromatic heterocycles. The fraction of sp³-hybridized carbons (Fsp3) is 0.167. The Hall–Kier alpha value is -1.34. The molecule has 0 heterocycles. The van der Waals surface area contributed by atoms with E-state index in [1.54, 1.807) is 0 Å². The van der Waals surface area contributed by atoms with Crippen molar-refractivity contribution in [1.29, 1.82) is 0 Å². The first-order chi connectivity index (χ1) is 5.85. The molecular weight excluding hydrogens is 200 g/mol. The summed E-state index contributed by atoms with van der Waals surface area (Å²) in [6.07, 6.45) is 0.890. The summed E-state index contributed by atoms with van der Waals surface area (Å²) < 4.78 is 36.5. The van der Waals surface area contributed by atoms with Crippen molar-refractivity contribution < 1.29 is 26.7 Å². The molecule has 0 rings (SSSR count). The molecule has 0 amide bonds.